The smallest absolute Gasteiger partial charge is 0.253 e. The Morgan fingerprint density at radius 3 is 2.68 bits per heavy atom. The second kappa shape index (κ2) is 6.10. The molecule has 100 valence electrons. The molecular weight excluding hydrogens is 244 g/mol. The average molecular weight is 260 g/mol. The van der Waals surface area contributed by atoms with Crippen LogP contribution in [0.1, 0.15) is 10.4 Å². The van der Waals surface area contributed by atoms with Gasteiger partial charge >= 0.3 is 0 Å². The number of hydrogen-bond acceptors (Lipinski definition) is 5. The Hall–Kier alpha value is -2.21. The van der Waals surface area contributed by atoms with Crippen molar-refractivity contribution in [2.45, 2.75) is 0 Å². The molecule has 0 bridgehead atoms. The van der Waals surface area contributed by atoms with Crippen molar-refractivity contribution in [2.24, 2.45) is 0 Å². The van der Waals surface area contributed by atoms with Crippen molar-refractivity contribution in [3.63, 3.8) is 0 Å². The number of likely N-dealkylation sites (N-methyl/N-ethyl adjacent to an activating group) is 2. The minimum absolute atomic E-state index is 0.00471. The third-order valence-corrected chi connectivity index (χ3v) is 2.80. The van der Waals surface area contributed by atoms with Crippen molar-refractivity contribution >= 4 is 5.91 Å². The SMILES string of the molecule is CNCCN(C)C(=O)c1ccc(-c2ncon2)cc1. The monoisotopic (exact) mass is 260 g/mol. The van der Waals surface area contributed by atoms with Crippen molar-refractivity contribution in [1.82, 2.24) is 20.4 Å². The summed E-state index contributed by atoms with van der Waals surface area (Å²) in [7, 11) is 3.64. The summed E-state index contributed by atoms with van der Waals surface area (Å²) in [4.78, 5) is 17.7. The molecule has 0 radical (unpaired) electrons. The predicted molar refractivity (Wildman–Crippen MR) is 70.6 cm³/mol. The number of rotatable bonds is 5. The molecule has 2 aromatic rings. The number of benzene rings is 1. The van der Waals surface area contributed by atoms with Crippen LogP contribution in [0.3, 0.4) is 0 Å². The molecule has 2 rings (SSSR count). The first-order valence-electron chi connectivity index (χ1n) is 5.99. The van der Waals surface area contributed by atoms with Crippen LogP contribution in [0, 0.1) is 0 Å². The molecule has 6 nitrogen and oxygen atoms in total. The highest BCUT2D eigenvalue weighted by Crippen LogP contribution is 2.15. The highest BCUT2D eigenvalue weighted by molar-refractivity contribution is 5.94. The van der Waals surface area contributed by atoms with E-state index in [1.165, 1.54) is 6.39 Å². The van der Waals surface area contributed by atoms with Gasteiger partial charge < -0.3 is 14.7 Å². The minimum Gasteiger partial charge on any atom is -0.342 e. The number of carbonyl (C=O) groups is 1. The highest BCUT2D eigenvalue weighted by atomic mass is 16.5. The summed E-state index contributed by atoms with van der Waals surface area (Å²) in [6, 6.07) is 7.15. The first kappa shape index (κ1) is 13.2. The van der Waals surface area contributed by atoms with Crippen molar-refractivity contribution < 1.29 is 9.32 Å². The predicted octanol–water partition coefficient (Wildman–Crippen LogP) is 1.03. The van der Waals surface area contributed by atoms with E-state index in [1.54, 1.807) is 24.1 Å². The van der Waals surface area contributed by atoms with Gasteiger partial charge in [-0.2, -0.15) is 4.98 Å². The summed E-state index contributed by atoms with van der Waals surface area (Å²) in [5, 5.41) is 6.76. The van der Waals surface area contributed by atoms with Gasteiger partial charge in [0, 0.05) is 31.3 Å². The Morgan fingerprint density at radius 1 is 1.37 bits per heavy atom. The normalized spacial score (nSPS) is 10.4. The van der Waals surface area contributed by atoms with Crippen LogP contribution in [0.25, 0.3) is 11.4 Å². The molecule has 0 atom stereocenters. The summed E-state index contributed by atoms with van der Waals surface area (Å²) >= 11 is 0. The van der Waals surface area contributed by atoms with E-state index >= 15 is 0 Å². The second-order valence-electron chi connectivity index (χ2n) is 4.16. The van der Waals surface area contributed by atoms with Crippen LogP contribution < -0.4 is 5.32 Å². The third-order valence-electron chi connectivity index (χ3n) is 2.80. The first-order chi connectivity index (χ1) is 9.22. The number of nitrogens with zero attached hydrogens (tertiary/aromatic N) is 3. The maximum Gasteiger partial charge on any atom is 0.253 e. The molecule has 6 heteroatoms. The Labute approximate surface area is 111 Å². The molecule has 1 aromatic heterocycles. The van der Waals surface area contributed by atoms with Crippen LogP contribution in [0.2, 0.25) is 0 Å². The Bertz CT molecular complexity index is 522. The average Bonchev–Trinajstić information content (AvgIpc) is 2.98. The zero-order chi connectivity index (χ0) is 13.7. The van der Waals surface area contributed by atoms with Crippen LogP contribution in [-0.4, -0.2) is 48.1 Å². The van der Waals surface area contributed by atoms with Crippen LogP contribution >= 0.6 is 0 Å². The van der Waals surface area contributed by atoms with E-state index in [9.17, 15) is 4.79 Å². The third kappa shape index (κ3) is 3.17. The molecule has 1 N–H and O–H groups in total. The fourth-order valence-corrected chi connectivity index (χ4v) is 1.66. The van der Waals surface area contributed by atoms with Crippen molar-refractivity contribution in [3.8, 4) is 11.4 Å². The number of carbonyl (C=O) groups excluding carboxylic acids is 1. The summed E-state index contributed by atoms with van der Waals surface area (Å²) in [6.45, 7) is 1.44. The van der Waals surface area contributed by atoms with Crippen molar-refractivity contribution in [3.05, 3.63) is 36.2 Å². The molecule has 0 fully saturated rings. The lowest BCUT2D eigenvalue weighted by atomic mass is 10.1. The fraction of sp³-hybridized carbons (Fsp3) is 0.308. The summed E-state index contributed by atoms with van der Waals surface area (Å²) < 4.78 is 4.69. The van der Waals surface area contributed by atoms with E-state index in [0.29, 0.717) is 17.9 Å². The van der Waals surface area contributed by atoms with E-state index < -0.39 is 0 Å². The topological polar surface area (TPSA) is 71.3 Å². The van der Waals surface area contributed by atoms with Crippen LogP contribution in [0.15, 0.2) is 35.2 Å². The molecule has 0 aliphatic carbocycles. The maximum absolute atomic E-state index is 12.1. The standard InChI is InChI=1S/C13H16N4O2/c1-14-7-8-17(2)13(18)11-5-3-10(4-6-11)12-15-9-19-16-12/h3-6,9,14H,7-8H2,1-2H3. The van der Waals surface area contributed by atoms with Gasteiger partial charge in [-0.25, -0.2) is 0 Å². The number of amides is 1. The van der Waals surface area contributed by atoms with Crippen LogP contribution in [0.4, 0.5) is 0 Å². The summed E-state index contributed by atoms with van der Waals surface area (Å²) in [5.41, 5.74) is 1.47. The van der Waals surface area contributed by atoms with Crippen molar-refractivity contribution in [1.29, 1.82) is 0 Å². The van der Waals surface area contributed by atoms with Gasteiger partial charge in [-0.05, 0) is 19.2 Å². The quantitative estimate of drug-likeness (QED) is 0.869. The van der Waals surface area contributed by atoms with Crippen LogP contribution in [-0.2, 0) is 0 Å². The van der Waals surface area contributed by atoms with E-state index in [2.05, 4.69) is 20.0 Å². The maximum atomic E-state index is 12.1. The molecule has 0 aliphatic rings. The highest BCUT2D eigenvalue weighted by Gasteiger charge is 2.11. The second-order valence-corrected chi connectivity index (χ2v) is 4.16. The molecule has 0 saturated carbocycles. The van der Waals surface area contributed by atoms with Gasteiger partial charge in [0.25, 0.3) is 5.91 Å². The summed E-state index contributed by atoms with van der Waals surface area (Å²) in [5.74, 6) is 0.512. The van der Waals surface area contributed by atoms with Gasteiger partial charge in [-0.3, -0.25) is 4.79 Å². The lowest BCUT2D eigenvalue weighted by Gasteiger charge is -2.16. The molecule has 1 amide bonds. The van der Waals surface area contributed by atoms with E-state index in [1.807, 2.05) is 19.2 Å². The minimum atomic E-state index is -0.00471. The van der Waals surface area contributed by atoms with Crippen molar-refractivity contribution in [2.75, 3.05) is 27.2 Å². The molecular formula is C13H16N4O2. The Balaban J connectivity index is 2.08. The molecule has 19 heavy (non-hydrogen) atoms. The first-order valence-corrected chi connectivity index (χ1v) is 5.99. The zero-order valence-electron chi connectivity index (χ0n) is 11.0. The zero-order valence-corrected chi connectivity index (χ0v) is 11.0. The Kier molecular flexibility index (Phi) is 4.25. The molecule has 0 spiro atoms. The summed E-state index contributed by atoms with van der Waals surface area (Å²) in [6.07, 6.45) is 1.28. The van der Waals surface area contributed by atoms with E-state index in [4.69, 9.17) is 0 Å². The van der Waals surface area contributed by atoms with E-state index in [0.717, 1.165) is 12.1 Å². The van der Waals surface area contributed by atoms with Gasteiger partial charge in [0.2, 0.25) is 12.2 Å². The Morgan fingerprint density at radius 2 is 2.11 bits per heavy atom. The molecule has 0 unspecified atom stereocenters. The van der Waals surface area contributed by atoms with Gasteiger partial charge in [0.05, 0.1) is 0 Å². The molecule has 1 aromatic carbocycles. The number of aromatic nitrogens is 2. The fourth-order valence-electron chi connectivity index (χ4n) is 1.66. The molecule has 0 saturated heterocycles. The molecule has 0 aliphatic heterocycles. The van der Waals surface area contributed by atoms with Gasteiger partial charge in [-0.1, -0.05) is 17.3 Å². The largest absolute Gasteiger partial charge is 0.342 e. The number of hydrogen-bond donors (Lipinski definition) is 1. The van der Waals surface area contributed by atoms with Gasteiger partial charge in [0.15, 0.2) is 0 Å². The number of nitrogens with one attached hydrogen (secondary N) is 1. The lowest BCUT2D eigenvalue weighted by molar-refractivity contribution is 0.0797. The van der Waals surface area contributed by atoms with E-state index in [-0.39, 0.29) is 5.91 Å². The molecule has 1 heterocycles. The van der Waals surface area contributed by atoms with Gasteiger partial charge in [-0.15, -0.1) is 0 Å². The van der Waals surface area contributed by atoms with Crippen LogP contribution in [0.5, 0.6) is 0 Å². The van der Waals surface area contributed by atoms with Gasteiger partial charge in [0.1, 0.15) is 0 Å². The lowest BCUT2D eigenvalue weighted by Crippen LogP contribution is -2.32.